The molecule has 0 aliphatic rings. The molecule has 0 radical (unpaired) electrons. The van der Waals surface area contributed by atoms with E-state index in [-0.39, 0.29) is 18.5 Å². The number of nitrogen functional groups attached to an aromatic ring is 1. The molecule has 5 nitrogen and oxygen atoms in total. The van der Waals surface area contributed by atoms with Gasteiger partial charge in [-0.25, -0.2) is 0 Å². The van der Waals surface area contributed by atoms with Gasteiger partial charge in [-0.15, -0.1) is 0 Å². The number of hydrogen-bond acceptors (Lipinski definition) is 3. The van der Waals surface area contributed by atoms with E-state index in [1.807, 2.05) is 0 Å². The fourth-order valence-corrected chi connectivity index (χ4v) is 1.45. The molecule has 0 atom stereocenters. The van der Waals surface area contributed by atoms with Gasteiger partial charge in [0.05, 0.1) is 0 Å². The number of alkyl halides is 3. The van der Waals surface area contributed by atoms with Crippen molar-refractivity contribution < 1.29 is 22.8 Å². The summed E-state index contributed by atoms with van der Waals surface area (Å²) in [5, 5.41) is 1.70. The third-order valence-corrected chi connectivity index (χ3v) is 2.34. The second-order valence-electron chi connectivity index (χ2n) is 3.78. The van der Waals surface area contributed by atoms with E-state index in [1.165, 1.54) is 18.2 Å². The van der Waals surface area contributed by atoms with Crippen molar-refractivity contribution in [2.24, 2.45) is 5.73 Å². The lowest BCUT2D eigenvalue weighted by molar-refractivity contribution is -0.173. The van der Waals surface area contributed by atoms with Gasteiger partial charge in [0.25, 0.3) is 0 Å². The Bertz CT molecular complexity index is 500. The molecular formula is C11H12F3N3O2. The molecule has 0 saturated carbocycles. The maximum atomic E-state index is 11.9. The largest absolute Gasteiger partial charge is 0.471 e. The lowest BCUT2D eigenvalue weighted by atomic mass is 10.0. The maximum absolute atomic E-state index is 11.9. The normalized spacial score (nSPS) is 11.1. The molecule has 0 aromatic heterocycles. The molecule has 19 heavy (non-hydrogen) atoms. The predicted octanol–water partition coefficient (Wildman–Crippen LogP) is 0.589. The minimum Gasteiger partial charge on any atom is -0.399 e. The van der Waals surface area contributed by atoms with E-state index >= 15 is 0 Å². The number of primary amides is 1. The fourth-order valence-electron chi connectivity index (χ4n) is 1.45. The van der Waals surface area contributed by atoms with Crippen molar-refractivity contribution in [2.45, 2.75) is 12.6 Å². The molecule has 0 spiro atoms. The van der Waals surface area contributed by atoms with Crippen LogP contribution in [-0.4, -0.2) is 24.5 Å². The topological polar surface area (TPSA) is 98.2 Å². The highest BCUT2D eigenvalue weighted by atomic mass is 19.4. The van der Waals surface area contributed by atoms with E-state index in [2.05, 4.69) is 0 Å². The zero-order valence-corrected chi connectivity index (χ0v) is 9.75. The van der Waals surface area contributed by atoms with Crippen LogP contribution in [0.2, 0.25) is 0 Å². The van der Waals surface area contributed by atoms with Crippen LogP contribution >= 0.6 is 0 Å². The number of amides is 2. The summed E-state index contributed by atoms with van der Waals surface area (Å²) in [6, 6.07) is 4.31. The highest BCUT2D eigenvalue weighted by Gasteiger charge is 2.38. The highest BCUT2D eigenvalue weighted by molar-refractivity contribution is 5.95. The average Bonchev–Trinajstić information content (AvgIpc) is 2.29. The molecule has 1 aromatic rings. The Morgan fingerprint density at radius 1 is 1.26 bits per heavy atom. The number of rotatable bonds is 4. The molecule has 0 aliphatic carbocycles. The lowest BCUT2D eigenvalue weighted by Crippen LogP contribution is -2.37. The Labute approximate surface area is 106 Å². The Balaban J connectivity index is 2.69. The quantitative estimate of drug-likeness (QED) is 0.701. The standard InChI is InChI=1S/C11H12F3N3O2/c12-11(13,14)10(19)17-4-3-6-1-2-7(15)5-8(6)9(16)18/h1-2,5H,3-4,15H2,(H2,16,18)(H,17,19). The zero-order valence-electron chi connectivity index (χ0n) is 9.75. The van der Waals surface area contributed by atoms with Gasteiger partial charge in [0.15, 0.2) is 0 Å². The molecule has 0 aliphatic heterocycles. The van der Waals surface area contributed by atoms with Gasteiger partial charge in [0.1, 0.15) is 0 Å². The second kappa shape index (κ2) is 5.59. The molecule has 0 heterocycles. The van der Waals surface area contributed by atoms with Crippen LogP contribution in [0.25, 0.3) is 0 Å². The minimum absolute atomic E-state index is 0.0420. The summed E-state index contributed by atoms with van der Waals surface area (Å²) in [4.78, 5) is 21.7. The zero-order chi connectivity index (χ0) is 14.6. The summed E-state index contributed by atoms with van der Waals surface area (Å²) in [6.07, 6.45) is -4.88. The molecule has 0 fully saturated rings. The summed E-state index contributed by atoms with van der Waals surface area (Å²) >= 11 is 0. The van der Waals surface area contributed by atoms with Gasteiger partial charge >= 0.3 is 12.1 Å². The monoisotopic (exact) mass is 275 g/mol. The number of nitrogens with one attached hydrogen (secondary N) is 1. The van der Waals surface area contributed by atoms with Crippen LogP contribution < -0.4 is 16.8 Å². The van der Waals surface area contributed by atoms with Crippen LogP contribution in [0.5, 0.6) is 0 Å². The first-order valence-electron chi connectivity index (χ1n) is 5.25. The Hall–Kier alpha value is -2.25. The van der Waals surface area contributed by atoms with Crippen molar-refractivity contribution in [1.29, 1.82) is 0 Å². The molecule has 104 valence electrons. The first kappa shape index (κ1) is 14.8. The second-order valence-corrected chi connectivity index (χ2v) is 3.78. The molecule has 0 unspecified atom stereocenters. The van der Waals surface area contributed by atoms with Crippen molar-refractivity contribution in [1.82, 2.24) is 5.32 Å². The van der Waals surface area contributed by atoms with E-state index in [0.717, 1.165) is 0 Å². The van der Waals surface area contributed by atoms with Crippen LogP contribution in [0, 0.1) is 0 Å². The smallest absolute Gasteiger partial charge is 0.399 e. The Morgan fingerprint density at radius 3 is 2.42 bits per heavy atom. The van der Waals surface area contributed by atoms with Crippen molar-refractivity contribution in [3.05, 3.63) is 29.3 Å². The number of nitrogens with two attached hydrogens (primary N) is 2. The number of anilines is 1. The summed E-state index contributed by atoms with van der Waals surface area (Å²) in [6.45, 7) is -0.261. The first-order chi connectivity index (χ1) is 8.71. The van der Waals surface area contributed by atoms with Gasteiger partial charge in [0, 0.05) is 17.8 Å². The van der Waals surface area contributed by atoms with Crippen molar-refractivity contribution >= 4 is 17.5 Å². The van der Waals surface area contributed by atoms with Crippen molar-refractivity contribution in [3.63, 3.8) is 0 Å². The molecule has 1 aromatic carbocycles. The van der Waals surface area contributed by atoms with Gasteiger partial charge in [-0.05, 0) is 24.1 Å². The summed E-state index contributed by atoms with van der Waals surface area (Å²) in [7, 11) is 0. The van der Waals surface area contributed by atoms with Gasteiger partial charge in [0.2, 0.25) is 5.91 Å². The number of benzene rings is 1. The number of hydrogen-bond donors (Lipinski definition) is 3. The van der Waals surface area contributed by atoms with E-state index in [1.54, 1.807) is 5.32 Å². The van der Waals surface area contributed by atoms with E-state index in [4.69, 9.17) is 11.5 Å². The summed E-state index contributed by atoms with van der Waals surface area (Å²) < 4.78 is 35.8. The minimum atomic E-state index is -4.92. The molecule has 8 heteroatoms. The lowest BCUT2D eigenvalue weighted by Gasteiger charge is -2.10. The van der Waals surface area contributed by atoms with Crippen molar-refractivity contribution in [3.8, 4) is 0 Å². The van der Waals surface area contributed by atoms with Crippen LogP contribution in [0.1, 0.15) is 15.9 Å². The molecule has 5 N–H and O–H groups in total. The first-order valence-corrected chi connectivity index (χ1v) is 5.25. The molecule has 0 bridgehead atoms. The van der Waals surface area contributed by atoms with E-state index in [9.17, 15) is 22.8 Å². The van der Waals surface area contributed by atoms with Gasteiger partial charge in [-0.3, -0.25) is 9.59 Å². The van der Waals surface area contributed by atoms with Crippen LogP contribution in [0.15, 0.2) is 18.2 Å². The molecule has 2 amide bonds. The Morgan fingerprint density at radius 2 is 1.89 bits per heavy atom. The number of carbonyl (C=O) groups is 2. The highest BCUT2D eigenvalue weighted by Crippen LogP contribution is 2.15. The van der Waals surface area contributed by atoms with Gasteiger partial charge < -0.3 is 16.8 Å². The van der Waals surface area contributed by atoms with Crippen LogP contribution in [0.4, 0.5) is 18.9 Å². The summed E-state index contributed by atoms with van der Waals surface area (Å²) in [5.74, 6) is -2.76. The third-order valence-electron chi connectivity index (χ3n) is 2.34. The van der Waals surface area contributed by atoms with Gasteiger partial charge in [-0.2, -0.15) is 13.2 Å². The fraction of sp³-hybridized carbons (Fsp3) is 0.273. The maximum Gasteiger partial charge on any atom is 0.471 e. The Kier molecular flexibility index (Phi) is 4.36. The molecule has 1 rings (SSSR count). The number of carbonyl (C=O) groups excluding carboxylic acids is 2. The third kappa shape index (κ3) is 4.16. The predicted molar refractivity (Wildman–Crippen MR) is 62.1 cm³/mol. The van der Waals surface area contributed by atoms with E-state index < -0.39 is 18.0 Å². The average molecular weight is 275 g/mol. The van der Waals surface area contributed by atoms with E-state index in [0.29, 0.717) is 11.3 Å². The number of halogens is 3. The van der Waals surface area contributed by atoms with Crippen LogP contribution in [-0.2, 0) is 11.2 Å². The van der Waals surface area contributed by atoms with Gasteiger partial charge in [-0.1, -0.05) is 6.07 Å². The summed E-state index contributed by atoms with van der Waals surface area (Å²) in [5.41, 5.74) is 11.5. The molecule has 0 saturated heterocycles. The van der Waals surface area contributed by atoms with Crippen LogP contribution in [0.3, 0.4) is 0 Å². The SMILES string of the molecule is NC(=O)c1cc(N)ccc1CCNC(=O)C(F)(F)F. The molecular weight excluding hydrogens is 263 g/mol. The van der Waals surface area contributed by atoms with Crippen molar-refractivity contribution in [2.75, 3.05) is 12.3 Å².